The van der Waals surface area contributed by atoms with Crippen LogP contribution in [0.1, 0.15) is 44.9 Å². The predicted octanol–water partition coefficient (Wildman–Crippen LogP) is 2.34. The minimum Gasteiger partial charge on any atom is -0.211 e. The van der Waals surface area contributed by atoms with Crippen molar-refractivity contribution in [3.05, 3.63) is 0 Å². The van der Waals surface area contributed by atoms with E-state index in [4.69, 9.17) is 0 Å². The van der Waals surface area contributed by atoms with E-state index in [1.54, 1.807) is 6.08 Å². The summed E-state index contributed by atoms with van der Waals surface area (Å²) in [6.07, 6.45) is 11.3. The van der Waals surface area contributed by atoms with E-state index in [0.29, 0.717) is 25.6 Å². The number of nitrogens with zero attached hydrogens (tertiary/aromatic N) is 3. The molecular formula is C14H21N3O3. The third kappa shape index (κ3) is 12.6. The molecule has 0 amide bonds. The van der Waals surface area contributed by atoms with Crippen LogP contribution in [0.25, 0.3) is 0 Å². The molecule has 0 aromatic heterocycles. The van der Waals surface area contributed by atoms with Crippen LogP contribution in [0.5, 0.6) is 0 Å². The number of unbranched alkanes of at least 4 members (excludes halogenated alkanes) is 3. The van der Waals surface area contributed by atoms with Crippen molar-refractivity contribution in [3.8, 4) is 0 Å². The summed E-state index contributed by atoms with van der Waals surface area (Å²) in [5.41, 5.74) is 0. The molecule has 0 aromatic rings. The van der Waals surface area contributed by atoms with Crippen molar-refractivity contribution in [1.29, 1.82) is 0 Å². The number of aliphatic imine (C=N–C) groups is 3. The molecule has 0 bridgehead atoms. The van der Waals surface area contributed by atoms with Gasteiger partial charge in [0.15, 0.2) is 0 Å². The maximum absolute atomic E-state index is 10.2. The number of hydrogen-bond acceptors (Lipinski definition) is 6. The van der Waals surface area contributed by atoms with Crippen molar-refractivity contribution in [2.24, 2.45) is 20.9 Å². The van der Waals surface area contributed by atoms with Crippen molar-refractivity contribution in [3.63, 3.8) is 0 Å². The normalized spacial score (nSPS) is 10.8. The molecule has 1 unspecified atom stereocenters. The zero-order chi connectivity index (χ0) is 14.9. The van der Waals surface area contributed by atoms with Crippen LogP contribution < -0.4 is 0 Å². The van der Waals surface area contributed by atoms with Crippen molar-refractivity contribution >= 4 is 18.2 Å². The molecule has 0 spiro atoms. The lowest BCUT2D eigenvalue weighted by Gasteiger charge is -2.13. The van der Waals surface area contributed by atoms with Gasteiger partial charge in [-0.25, -0.2) is 29.4 Å². The fourth-order valence-corrected chi connectivity index (χ4v) is 2.01. The van der Waals surface area contributed by atoms with Gasteiger partial charge in [0, 0.05) is 0 Å². The van der Waals surface area contributed by atoms with Crippen LogP contribution in [0, 0.1) is 5.92 Å². The quantitative estimate of drug-likeness (QED) is 0.294. The Kier molecular flexibility index (Phi) is 13.8. The lowest BCUT2D eigenvalue weighted by atomic mass is 9.95. The van der Waals surface area contributed by atoms with Gasteiger partial charge in [0.05, 0.1) is 19.6 Å². The van der Waals surface area contributed by atoms with Crippen LogP contribution in [0.4, 0.5) is 0 Å². The second-order valence-corrected chi connectivity index (χ2v) is 4.59. The lowest BCUT2D eigenvalue weighted by molar-refractivity contribution is 0.419. The van der Waals surface area contributed by atoms with Crippen LogP contribution >= 0.6 is 0 Å². The van der Waals surface area contributed by atoms with E-state index >= 15 is 0 Å². The molecule has 0 aliphatic carbocycles. The van der Waals surface area contributed by atoms with Gasteiger partial charge in [-0.2, -0.15) is 0 Å². The van der Waals surface area contributed by atoms with E-state index in [9.17, 15) is 14.4 Å². The number of isocyanates is 3. The minimum atomic E-state index is 0.367. The molecule has 0 saturated heterocycles. The zero-order valence-electron chi connectivity index (χ0n) is 11.7. The topological polar surface area (TPSA) is 88.3 Å². The first kappa shape index (κ1) is 18.1. The SMILES string of the molecule is O=C=NCCCCCC(CCCCN=C=O)CN=C=O. The van der Waals surface area contributed by atoms with E-state index in [-0.39, 0.29) is 0 Å². The Balaban J connectivity index is 3.79. The molecule has 0 aliphatic heterocycles. The van der Waals surface area contributed by atoms with Crippen molar-refractivity contribution in [1.82, 2.24) is 0 Å². The Morgan fingerprint density at radius 2 is 1.15 bits per heavy atom. The van der Waals surface area contributed by atoms with Crippen molar-refractivity contribution in [2.45, 2.75) is 44.9 Å². The Labute approximate surface area is 119 Å². The smallest absolute Gasteiger partial charge is 0.211 e. The van der Waals surface area contributed by atoms with Gasteiger partial charge in [0.2, 0.25) is 18.2 Å². The summed E-state index contributed by atoms with van der Waals surface area (Å²) in [4.78, 5) is 40.6. The third-order valence-electron chi connectivity index (χ3n) is 3.06. The van der Waals surface area contributed by atoms with E-state index < -0.39 is 0 Å². The summed E-state index contributed by atoms with van der Waals surface area (Å²) in [6.45, 7) is 1.55. The predicted molar refractivity (Wildman–Crippen MR) is 74.8 cm³/mol. The number of rotatable bonds is 13. The summed E-state index contributed by atoms with van der Waals surface area (Å²) >= 11 is 0. The standard InChI is InChI=1S/C14H21N3O3/c18-11-15-8-4-1-2-6-14(10-17-13-20)7-3-5-9-16-12-19/h14H,1-10H2. The molecule has 1 atom stereocenters. The fraction of sp³-hybridized carbons (Fsp3) is 0.786. The molecule has 0 saturated carbocycles. The largest absolute Gasteiger partial charge is 0.234 e. The average Bonchev–Trinajstić information content (AvgIpc) is 2.47. The second kappa shape index (κ2) is 15.2. The molecule has 0 aromatic carbocycles. The highest BCUT2D eigenvalue weighted by atomic mass is 16.1. The molecule has 0 fully saturated rings. The Morgan fingerprint density at radius 1 is 0.650 bits per heavy atom. The number of hydrogen-bond donors (Lipinski definition) is 0. The van der Waals surface area contributed by atoms with Crippen LogP contribution in [0.15, 0.2) is 15.0 Å². The molecule has 20 heavy (non-hydrogen) atoms. The summed E-state index contributed by atoms with van der Waals surface area (Å²) < 4.78 is 0. The van der Waals surface area contributed by atoms with E-state index in [1.807, 2.05) is 0 Å². The molecule has 0 aliphatic rings. The highest BCUT2D eigenvalue weighted by molar-refractivity contribution is 5.33. The second-order valence-electron chi connectivity index (χ2n) is 4.59. The summed E-state index contributed by atoms with van der Waals surface area (Å²) in [5.74, 6) is 0.367. The van der Waals surface area contributed by atoms with Crippen LogP contribution in [-0.2, 0) is 14.4 Å². The van der Waals surface area contributed by atoms with Gasteiger partial charge in [0.1, 0.15) is 0 Å². The lowest BCUT2D eigenvalue weighted by Crippen LogP contribution is -2.05. The molecule has 110 valence electrons. The maximum Gasteiger partial charge on any atom is 0.234 e. The van der Waals surface area contributed by atoms with Gasteiger partial charge < -0.3 is 0 Å². The summed E-state index contributed by atoms with van der Waals surface area (Å²) in [7, 11) is 0. The number of carbonyl (C=O) groups excluding carboxylic acids is 3. The van der Waals surface area contributed by atoms with Gasteiger partial charge in [0.25, 0.3) is 0 Å². The maximum atomic E-state index is 10.2. The van der Waals surface area contributed by atoms with Crippen LogP contribution in [0.3, 0.4) is 0 Å². The highest BCUT2D eigenvalue weighted by Gasteiger charge is 2.07. The van der Waals surface area contributed by atoms with Gasteiger partial charge in [-0.3, -0.25) is 0 Å². The van der Waals surface area contributed by atoms with E-state index in [2.05, 4.69) is 15.0 Å². The zero-order valence-corrected chi connectivity index (χ0v) is 11.7. The monoisotopic (exact) mass is 279 g/mol. The van der Waals surface area contributed by atoms with Gasteiger partial charge in [-0.1, -0.05) is 19.3 Å². The molecule has 0 heterocycles. The Bertz CT molecular complexity index is 379. The first-order valence-corrected chi connectivity index (χ1v) is 6.96. The molecular weight excluding hydrogens is 258 g/mol. The van der Waals surface area contributed by atoms with Gasteiger partial charge in [-0.15, -0.1) is 0 Å². The van der Waals surface area contributed by atoms with Crippen molar-refractivity contribution in [2.75, 3.05) is 19.6 Å². The van der Waals surface area contributed by atoms with Gasteiger partial charge >= 0.3 is 0 Å². The Hall–Kier alpha value is -1.86. The molecule has 0 radical (unpaired) electrons. The highest BCUT2D eigenvalue weighted by Crippen LogP contribution is 2.17. The van der Waals surface area contributed by atoms with Crippen molar-refractivity contribution < 1.29 is 14.4 Å². The molecule has 6 heteroatoms. The summed E-state index contributed by atoms with van der Waals surface area (Å²) in [6, 6.07) is 0. The first-order valence-electron chi connectivity index (χ1n) is 6.96. The van der Waals surface area contributed by atoms with Gasteiger partial charge in [-0.05, 0) is 31.6 Å². The minimum absolute atomic E-state index is 0.367. The fourth-order valence-electron chi connectivity index (χ4n) is 2.01. The summed E-state index contributed by atoms with van der Waals surface area (Å²) in [5, 5.41) is 0. The van der Waals surface area contributed by atoms with Crippen LogP contribution in [0.2, 0.25) is 0 Å². The first-order chi connectivity index (χ1) is 9.85. The molecule has 0 rings (SSSR count). The van der Waals surface area contributed by atoms with E-state index in [0.717, 1.165) is 44.9 Å². The van der Waals surface area contributed by atoms with E-state index in [1.165, 1.54) is 12.2 Å². The third-order valence-corrected chi connectivity index (χ3v) is 3.06. The van der Waals surface area contributed by atoms with Crippen LogP contribution in [-0.4, -0.2) is 37.9 Å². The Morgan fingerprint density at radius 3 is 1.70 bits per heavy atom. The molecule has 6 nitrogen and oxygen atoms in total. The average molecular weight is 279 g/mol. The molecule has 0 N–H and O–H groups in total.